The molecule has 1 atom stereocenters. The van der Waals surface area contributed by atoms with Crippen molar-refractivity contribution < 1.29 is 0 Å². The second-order valence-electron chi connectivity index (χ2n) is 5.60. The molecule has 2 aromatic rings. The summed E-state index contributed by atoms with van der Waals surface area (Å²) in [6.45, 7) is 7.30. The number of benzene rings is 1. The first-order chi connectivity index (χ1) is 10.1. The van der Waals surface area contributed by atoms with E-state index in [1.165, 1.54) is 16.7 Å². The summed E-state index contributed by atoms with van der Waals surface area (Å²) in [7, 11) is 0. The van der Waals surface area contributed by atoms with Crippen LogP contribution in [0.5, 0.6) is 0 Å². The molecule has 0 spiro atoms. The maximum absolute atomic E-state index is 5.74. The third-order valence-electron chi connectivity index (χ3n) is 3.77. The van der Waals surface area contributed by atoms with Crippen molar-refractivity contribution >= 4 is 0 Å². The van der Waals surface area contributed by atoms with E-state index >= 15 is 0 Å². The predicted molar refractivity (Wildman–Crippen MR) is 84.7 cm³/mol. The van der Waals surface area contributed by atoms with Crippen LogP contribution in [0.1, 0.15) is 35.9 Å². The number of nitrogens with zero attached hydrogens (tertiary/aromatic N) is 3. The molecule has 0 bridgehead atoms. The standard InChI is InChI=1S/C16H25N5/c1-4-7-21-16(18-11-19-21)10-15(20-17)9-14-8-12(2)5-6-13(14)3/h5-6,8,11,15,20H,4,7,9-10,17H2,1-3H3. The Morgan fingerprint density at radius 2 is 2.10 bits per heavy atom. The summed E-state index contributed by atoms with van der Waals surface area (Å²) >= 11 is 0. The smallest absolute Gasteiger partial charge is 0.138 e. The van der Waals surface area contributed by atoms with Crippen LogP contribution in [0.25, 0.3) is 0 Å². The van der Waals surface area contributed by atoms with E-state index in [4.69, 9.17) is 5.84 Å². The van der Waals surface area contributed by atoms with Crippen LogP contribution in [-0.2, 0) is 19.4 Å². The molecule has 1 heterocycles. The molecule has 0 amide bonds. The summed E-state index contributed by atoms with van der Waals surface area (Å²) in [6, 6.07) is 6.70. The first-order valence-electron chi connectivity index (χ1n) is 7.53. The first kappa shape index (κ1) is 15.7. The van der Waals surface area contributed by atoms with E-state index in [0.29, 0.717) is 0 Å². The third kappa shape index (κ3) is 4.12. The van der Waals surface area contributed by atoms with Gasteiger partial charge >= 0.3 is 0 Å². The lowest BCUT2D eigenvalue weighted by Gasteiger charge is -2.17. The van der Waals surface area contributed by atoms with Gasteiger partial charge in [-0.05, 0) is 37.8 Å². The molecule has 0 aliphatic carbocycles. The van der Waals surface area contributed by atoms with Gasteiger partial charge in [0.2, 0.25) is 0 Å². The lowest BCUT2D eigenvalue weighted by Crippen LogP contribution is -2.39. The van der Waals surface area contributed by atoms with Crippen LogP contribution in [0.2, 0.25) is 0 Å². The SMILES string of the molecule is CCCn1ncnc1CC(Cc1cc(C)ccc1C)NN. The van der Waals surface area contributed by atoms with Gasteiger partial charge in [0.25, 0.3) is 0 Å². The van der Waals surface area contributed by atoms with Crippen LogP contribution in [0.4, 0.5) is 0 Å². The zero-order valence-electron chi connectivity index (χ0n) is 13.1. The van der Waals surface area contributed by atoms with Crippen LogP contribution in [0.15, 0.2) is 24.5 Å². The quantitative estimate of drug-likeness (QED) is 0.603. The van der Waals surface area contributed by atoms with E-state index in [1.807, 2.05) is 4.68 Å². The average molecular weight is 287 g/mol. The molecule has 5 nitrogen and oxygen atoms in total. The monoisotopic (exact) mass is 287 g/mol. The van der Waals surface area contributed by atoms with Gasteiger partial charge in [-0.3, -0.25) is 16.0 Å². The van der Waals surface area contributed by atoms with Crippen molar-refractivity contribution in [2.24, 2.45) is 5.84 Å². The topological polar surface area (TPSA) is 68.8 Å². The fourth-order valence-electron chi connectivity index (χ4n) is 2.54. The van der Waals surface area contributed by atoms with Gasteiger partial charge in [-0.1, -0.05) is 30.7 Å². The van der Waals surface area contributed by atoms with Gasteiger partial charge in [0, 0.05) is 19.0 Å². The zero-order valence-corrected chi connectivity index (χ0v) is 13.1. The molecule has 5 heteroatoms. The maximum Gasteiger partial charge on any atom is 0.138 e. The molecule has 0 aliphatic heterocycles. The molecular formula is C16H25N5. The number of nitrogens with one attached hydrogen (secondary N) is 1. The van der Waals surface area contributed by atoms with Crippen molar-refractivity contribution in [1.29, 1.82) is 0 Å². The largest absolute Gasteiger partial charge is 0.271 e. The normalized spacial score (nSPS) is 12.6. The van der Waals surface area contributed by atoms with Crippen LogP contribution in [0.3, 0.4) is 0 Å². The molecule has 0 aliphatic rings. The zero-order chi connectivity index (χ0) is 15.2. The van der Waals surface area contributed by atoms with E-state index in [1.54, 1.807) is 6.33 Å². The Kier molecular flexibility index (Phi) is 5.47. The van der Waals surface area contributed by atoms with Crippen LogP contribution >= 0.6 is 0 Å². The molecule has 1 aromatic heterocycles. The first-order valence-corrected chi connectivity index (χ1v) is 7.53. The Balaban J connectivity index is 2.09. The fourth-order valence-corrected chi connectivity index (χ4v) is 2.54. The van der Waals surface area contributed by atoms with Crippen molar-refractivity contribution in [2.45, 2.75) is 52.6 Å². The molecule has 0 fully saturated rings. The minimum absolute atomic E-state index is 0.158. The van der Waals surface area contributed by atoms with Crippen molar-refractivity contribution in [2.75, 3.05) is 0 Å². The molecule has 1 aromatic carbocycles. The lowest BCUT2D eigenvalue weighted by atomic mass is 9.97. The summed E-state index contributed by atoms with van der Waals surface area (Å²) in [5, 5.41) is 4.27. The molecule has 114 valence electrons. The summed E-state index contributed by atoms with van der Waals surface area (Å²) in [5.74, 6) is 6.73. The van der Waals surface area contributed by atoms with Gasteiger partial charge in [0.1, 0.15) is 12.2 Å². The molecule has 21 heavy (non-hydrogen) atoms. The average Bonchev–Trinajstić information content (AvgIpc) is 2.89. The number of nitrogens with two attached hydrogens (primary N) is 1. The Labute approximate surface area is 126 Å². The van der Waals surface area contributed by atoms with Crippen LogP contribution in [-0.4, -0.2) is 20.8 Å². The van der Waals surface area contributed by atoms with Gasteiger partial charge in [-0.2, -0.15) is 5.10 Å². The van der Waals surface area contributed by atoms with E-state index < -0.39 is 0 Å². The van der Waals surface area contributed by atoms with Crippen molar-refractivity contribution in [3.63, 3.8) is 0 Å². The van der Waals surface area contributed by atoms with Gasteiger partial charge in [-0.25, -0.2) is 4.98 Å². The van der Waals surface area contributed by atoms with Gasteiger partial charge < -0.3 is 0 Å². The summed E-state index contributed by atoms with van der Waals surface area (Å²) in [5.41, 5.74) is 6.84. The molecule has 2 rings (SSSR count). The van der Waals surface area contributed by atoms with Crippen molar-refractivity contribution in [3.05, 3.63) is 47.0 Å². The molecular weight excluding hydrogens is 262 g/mol. The highest BCUT2D eigenvalue weighted by Gasteiger charge is 2.14. The number of hydrogen-bond acceptors (Lipinski definition) is 4. The third-order valence-corrected chi connectivity index (χ3v) is 3.77. The van der Waals surface area contributed by atoms with Crippen molar-refractivity contribution in [1.82, 2.24) is 20.2 Å². The number of aromatic nitrogens is 3. The number of rotatable bonds is 7. The maximum atomic E-state index is 5.74. The van der Waals surface area contributed by atoms with Gasteiger partial charge in [-0.15, -0.1) is 0 Å². The highest BCUT2D eigenvalue weighted by atomic mass is 15.3. The second kappa shape index (κ2) is 7.33. The highest BCUT2D eigenvalue weighted by molar-refractivity contribution is 5.31. The molecule has 3 N–H and O–H groups in total. The van der Waals surface area contributed by atoms with E-state index in [9.17, 15) is 0 Å². The van der Waals surface area contributed by atoms with E-state index in [0.717, 1.165) is 31.6 Å². The Hall–Kier alpha value is -1.72. The molecule has 0 saturated carbocycles. The second-order valence-corrected chi connectivity index (χ2v) is 5.60. The van der Waals surface area contributed by atoms with E-state index in [2.05, 4.69) is 54.5 Å². The Bertz CT molecular complexity index is 576. The number of aryl methyl sites for hydroxylation is 3. The van der Waals surface area contributed by atoms with Gasteiger partial charge in [0.15, 0.2) is 0 Å². The summed E-state index contributed by atoms with van der Waals surface area (Å²) in [4.78, 5) is 4.36. The molecule has 0 radical (unpaired) electrons. The van der Waals surface area contributed by atoms with E-state index in [-0.39, 0.29) is 6.04 Å². The van der Waals surface area contributed by atoms with Crippen molar-refractivity contribution in [3.8, 4) is 0 Å². The molecule has 0 saturated heterocycles. The summed E-state index contributed by atoms with van der Waals surface area (Å²) in [6.07, 6.45) is 4.34. The predicted octanol–water partition coefficient (Wildman–Crippen LogP) is 1.92. The Morgan fingerprint density at radius 3 is 2.81 bits per heavy atom. The summed E-state index contributed by atoms with van der Waals surface area (Å²) < 4.78 is 1.97. The van der Waals surface area contributed by atoms with Crippen LogP contribution < -0.4 is 11.3 Å². The highest BCUT2D eigenvalue weighted by Crippen LogP contribution is 2.14. The minimum Gasteiger partial charge on any atom is -0.271 e. The van der Waals surface area contributed by atoms with Gasteiger partial charge in [0.05, 0.1) is 0 Å². The lowest BCUT2D eigenvalue weighted by molar-refractivity contribution is 0.481. The fraction of sp³-hybridized carbons (Fsp3) is 0.500. The van der Waals surface area contributed by atoms with Crippen LogP contribution in [0, 0.1) is 13.8 Å². The number of hydrogen-bond donors (Lipinski definition) is 2. The number of hydrazine groups is 1. The molecule has 1 unspecified atom stereocenters. The Morgan fingerprint density at radius 1 is 1.29 bits per heavy atom. The minimum atomic E-state index is 0.158.